The monoisotopic (exact) mass is 382 g/mol. The van der Waals surface area contributed by atoms with E-state index >= 15 is 0 Å². The lowest BCUT2D eigenvalue weighted by molar-refractivity contribution is -0.122. The van der Waals surface area contributed by atoms with Crippen LogP contribution in [0.3, 0.4) is 0 Å². The van der Waals surface area contributed by atoms with Gasteiger partial charge in [-0.3, -0.25) is 14.9 Å². The van der Waals surface area contributed by atoms with Gasteiger partial charge >= 0.3 is 6.03 Å². The van der Waals surface area contributed by atoms with Crippen molar-refractivity contribution in [1.29, 1.82) is 0 Å². The summed E-state index contributed by atoms with van der Waals surface area (Å²) in [5.41, 5.74) is 0.0821. The van der Waals surface area contributed by atoms with Crippen LogP contribution >= 0.6 is 0 Å². The van der Waals surface area contributed by atoms with Gasteiger partial charge in [-0.05, 0) is 24.3 Å². The zero-order valence-corrected chi connectivity index (χ0v) is 14.6. The number of phenols is 1. The number of amides is 4. The van der Waals surface area contributed by atoms with Gasteiger partial charge in [-0.25, -0.2) is 9.69 Å². The number of urea groups is 1. The maximum atomic E-state index is 12.9. The van der Waals surface area contributed by atoms with Crippen LogP contribution in [-0.2, 0) is 9.59 Å². The molecule has 1 saturated heterocycles. The number of rotatable bonds is 3. The fraction of sp³-hybridized carbons (Fsp3) is 0.105. The van der Waals surface area contributed by atoms with Crippen molar-refractivity contribution in [3.8, 4) is 23.0 Å². The second kappa shape index (κ2) is 6.62. The van der Waals surface area contributed by atoms with Crippen LogP contribution in [0.5, 0.6) is 23.0 Å². The molecule has 1 fully saturated rings. The van der Waals surface area contributed by atoms with Crippen LogP contribution in [0.4, 0.5) is 10.5 Å². The number of aromatic hydroxyl groups is 1. The zero-order valence-electron chi connectivity index (χ0n) is 14.6. The Bertz CT molecular complexity index is 1040. The maximum absolute atomic E-state index is 12.9. The molecule has 2 heterocycles. The number of phenolic OH excluding ortho intramolecular Hbond substituents is 1. The summed E-state index contributed by atoms with van der Waals surface area (Å²) in [7, 11) is 1.38. The number of fused-ring (bicyclic) bond motifs is 1. The molecule has 0 spiro atoms. The van der Waals surface area contributed by atoms with Gasteiger partial charge in [0.25, 0.3) is 11.8 Å². The molecule has 2 aliphatic rings. The molecule has 4 amide bonds. The number of barbiturate groups is 1. The maximum Gasteiger partial charge on any atom is 0.335 e. The van der Waals surface area contributed by atoms with Crippen LogP contribution in [0, 0.1) is 0 Å². The Morgan fingerprint density at radius 2 is 1.93 bits per heavy atom. The van der Waals surface area contributed by atoms with E-state index in [2.05, 4.69) is 5.32 Å². The lowest BCUT2D eigenvalue weighted by Gasteiger charge is -2.26. The second-order valence-corrected chi connectivity index (χ2v) is 5.89. The van der Waals surface area contributed by atoms with Crippen molar-refractivity contribution in [3.63, 3.8) is 0 Å². The summed E-state index contributed by atoms with van der Waals surface area (Å²) in [5.74, 6) is -0.886. The molecule has 9 nitrogen and oxygen atoms in total. The highest BCUT2D eigenvalue weighted by Gasteiger charge is 2.37. The van der Waals surface area contributed by atoms with Gasteiger partial charge < -0.3 is 19.3 Å². The average Bonchev–Trinajstić information content (AvgIpc) is 3.14. The van der Waals surface area contributed by atoms with E-state index in [0.717, 1.165) is 4.90 Å². The Morgan fingerprint density at radius 3 is 2.71 bits per heavy atom. The molecular formula is C19H14N2O7. The van der Waals surface area contributed by atoms with Gasteiger partial charge in [-0.1, -0.05) is 12.1 Å². The standard InChI is InChI=1S/C19H14N2O7/c1-26-14-4-2-3-10(16(14)22)7-12-17(23)20-19(25)21(18(12)24)11-5-6-13-15(8-11)28-9-27-13/h2-8,22H,9H2,1H3,(H,20,23,25)/b12-7-. The summed E-state index contributed by atoms with van der Waals surface area (Å²) in [5, 5.41) is 12.3. The number of para-hydroxylation sites is 1. The summed E-state index contributed by atoms with van der Waals surface area (Å²) in [6, 6.07) is 8.27. The summed E-state index contributed by atoms with van der Waals surface area (Å²) in [6.45, 7) is 0.0394. The Labute approximate surface area is 158 Å². The molecule has 2 N–H and O–H groups in total. The lowest BCUT2D eigenvalue weighted by atomic mass is 10.1. The van der Waals surface area contributed by atoms with Crippen molar-refractivity contribution < 1.29 is 33.7 Å². The van der Waals surface area contributed by atoms with E-state index in [4.69, 9.17) is 14.2 Å². The Morgan fingerprint density at radius 1 is 1.14 bits per heavy atom. The van der Waals surface area contributed by atoms with Crippen LogP contribution in [0.25, 0.3) is 6.08 Å². The highest BCUT2D eigenvalue weighted by molar-refractivity contribution is 6.39. The zero-order chi connectivity index (χ0) is 19.8. The third kappa shape index (κ3) is 2.78. The van der Waals surface area contributed by atoms with Crippen molar-refractivity contribution >= 4 is 29.6 Å². The number of nitrogens with zero attached hydrogens (tertiary/aromatic N) is 1. The molecule has 2 aromatic carbocycles. The first-order valence-corrected chi connectivity index (χ1v) is 8.16. The van der Waals surface area contributed by atoms with Crippen molar-refractivity contribution in [1.82, 2.24) is 5.32 Å². The molecular weight excluding hydrogens is 368 g/mol. The van der Waals surface area contributed by atoms with Crippen LogP contribution in [-0.4, -0.2) is 36.9 Å². The molecule has 0 aliphatic carbocycles. The molecule has 2 aliphatic heterocycles. The molecule has 0 saturated carbocycles. The minimum absolute atomic E-state index is 0.0394. The SMILES string of the molecule is COc1cccc(/C=C2/C(=O)NC(=O)N(c3ccc4c(c3)OCO4)C2=O)c1O. The van der Waals surface area contributed by atoms with Crippen molar-refractivity contribution in [3.05, 3.63) is 47.5 Å². The lowest BCUT2D eigenvalue weighted by Crippen LogP contribution is -2.54. The molecule has 0 atom stereocenters. The average molecular weight is 382 g/mol. The molecule has 142 valence electrons. The predicted octanol–water partition coefficient (Wildman–Crippen LogP) is 1.80. The van der Waals surface area contributed by atoms with Gasteiger partial charge in [0.05, 0.1) is 12.8 Å². The number of nitrogens with one attached hydrogen (secondary N) is 1. The van der Waals surface area contributed by atoms with Crippen LogP contribution in [0.15, 0.2) is 42.0 Å². The summed E-state index contributed by atoms with van der Waals surface area (Å²) in [4.78, 5) is 38.2. The van der Waals surface area contributed by atoms with E-state index in [0.29, 0.717) is 11.5 Å². The van der Waals surface area contributed by atoms with Gasteiger partial charge in [0.2, 0.25) is 6.79 Å². The van der Waals surface area contributed by atoms with Crippen LogP contribution in [0.2, 0.25) is 0 Å². The highest BCUT2D eigenvalue weighted by atomic mass is 16.7. The third-order valence-electron chi connectivity index (χ3n) is 4.27. The predicted molar refractivity (Wildman–Crippen MR) is 96.2 cm³/mol. The largest absolute Gasteiger partial charge is 0.504 e. The quantitative estimate of drug-likeness (QED) is 0.614. The van der Waals surface area contributed by atoms with Gasteiger partial charge in [-0.2, -0.15) is 0 Å². The number of carbonyl (C=O) groups excluding carboxylic acids is 3. The Balaban J connectivity index is 1.74. The third-order valence-corrected chi connectivity index (χ3v) is 4.27. The molecule has 0 aromatic heterocycles. The van der Waals surface area contributed by atoms with Gasteiger partial charge in [0.1, 0.15) is 5.57 Å². The summed E-state index contributed by atoms with van der Waals surface area (Å²) >= 11 is 0. The normalized spacial score (nSPS) is 17.1. The number of benzene rings is 2. The van der Waals surface area contributed by atoms with E-state index in [1.54, 1.807) is 12.1 Å². The Kier molecular flexibility index (Phi) is 4.11. The van der Waals surface area contributed by atoms with Crippen LogP contribution < -0.4 is 24.4 Å². The molecule has 4 rings (SSSR count). The summed E-state index contributed by atoms with van der Waals surface area (Å²) in [6.07, 6.45) is 1.20. The number of hydrogen-bond acceptors (Lipinski definition) is 7. The van der Waals surface area contributed by atoms with E-state index in [1.165, 1.54) is 37.5 Å². The van der Waals surface area contributed by atoms with Gasteiger partial charge in [0.15, 0.2) is 23.0 Å². The minimum Gasteiger partial charge on any atom is -0.504 e. The van der Waals surface area contributed by atoms with Gasteiger partial charge in [0, 0.05) is 11.6 Å². The first-order chi connectivity index (χ1) is 13.5. The van der Waals surface area contributed by atoms with Crippen LogP contribution in [0.1, 0.15) is 5.56 Å². The topological polar surface area (TPSA) is 114 Å². The van der Waals surface area contributed by atoms with E-state index in [1.807, 2.05) is 0 Å². The first-order valence-electron chi connectivity index (χ1n) is 8.16. The molecule has 0 radical (unpaired) electrons. The number of hydrogen-bond donors (Lipinski definition) is 2. The smallest absolute Gasteiger partial charge is 0.335 e. The molecule has 0 bridgehead atoms. The second-order valence-electron chi connectivity index (χ2n) is 5.89. The van der Waals surface area contributed by atoms with E-state index in [9.17, 15) is 19.5 Å². The van der Waals surface area contributed by atoms with Crippen molar-refractivity contribution in [2.45, 2.75) is 0 Å². The number of methoxy groups -OCH3 is 1. The highest BCUT2D eigenvalue weighted by Crippen LogP contribution is 2.37. The number of imide groups is 2. The summed E-state index contributed by atoms with van der Waals surface area (Å²) < 4.78 is 15.5. The first kappa shape index (κ1) is 17.4. The number of carbonyl (C=O) groups is 3. The minimum atomic E-state index is -0.888. The fourth-order valence-electron chi connectivity index (χ4n) is 2.89. The van der Waals surface area contributed by atoms with Crippen molar-refractivity contribution in [2.75, 3.05) is 18.8 Å². The van der Waals surface area contributed by atoms with E-state index in [-0.39, 0.29) is 35.1 Å². The molecule has 9 heteroatoms. The molecule has 0 unspecified atom stereocenters. The van der Waals surface area contributed by atoms with Gasteiger partial charge in [-0.15, -0.1) is 0 Å². The number of ether oxygens (including phenoxy) is 3. The van der Waals surface area contributed by atoms with Crippen molar-refractivity contribution in [2.24, 2.45) is 0 Å². The fourth-order valence-corrected chi connectivity index (χ4v) is 2.89. The number of anilines is 1. The Hall–Kier alpha value is -4.01. The molecule has 2 aromatic rings. The molecule has 28 heavy (non-hydrogen) atoms. The van der Waals surface area contributed by atoms with E-state index < -0.39 is 17.8 Å².